The first-order valence-corrected chi connectivity index (χ1v) is 8.51. The molecular formula is C17H16BrN5O. The van der Waals surface area contributed by atoms with Crippen LogP contribution in [0.3, 0.4) is 0 Å². The first kappa shape index (κ1) is 15.1. The lowest BCUT2D eigenvalue weighted by Gasteiger charge is -2.32. The van der Waals surface area contributed by atoms with E-state index in [1.807, 2.05) is 36.5 Å². The van der Waals surface area contributed by atoms with Gasteiger partial charge in [-0.2, -0.15) is 4.98 Å². The molecule has 2 aliphatic heterocycles. The summed E-state index contributed by atoms with van der Waals surface area (Å²) >= 11 is 3.59. The maximum Gasteiger partial charge on any atom is 0.229 e. The SMILES string of the molecule is COc1cccc(Nc2ncc3c(n2)N2CCCN=C2C(Br)=C3)c1. The number of methoxy groups -OCH3 is 1. The molecule has 0 aliphatic carbocycles. The molecule has 0 radical (unpaired) electrons. The van der Waals surface area contributed by atoms with Gasteiger partial charge in [0, 0.05) is 36.6 Å². The average Bonchev–Trinajstić information content (AvgIpc) is 2.63. The van der Waals surface area contributed by atoms with E-state index in [-0.39, 0.29) is 0 Å². The Morgan fingerprint density at radius 1 is 1.33 bits per heavy atom. The second kappa shape index (κ2) is 6.24. The van der Waals surface area contributed by atoms with Crippen LogP contribution < -0.4 is 15.0 Å². The molecule has 1 N–H and O–H groups in total. The van der Waals surface area contributed by atoms with Crippen LogP contribution in [0.1, 0.15) is 12.0 Å². The Balaban J connectivity index is 1.68. The highest BCUT2D eigenvalue weighted by Gasteiger charge is 2.27. The quantitative estimate of drug-likeness (QED) is 0.874. The van der Waals surface area contributed by atoms with Crippen LogP contribution in [0.2, 0.25) is 0 Å². The Morgan fingerprint density at radius 3 is 3.12 bits per heavy atom. The van der Waals surface area contributed by atoms with Crippen molar-refractivity contribution >= 4 is 45.3 Å². The Bertz CT molecular complexity index is 849. The zero-order chi connectivity index (χ0) is 16.5. The summed E-state index contributed by atoms with van der Waals surface area (Å²) in [6.07, 6.45) is 4.87. The average molecular weight is 386 g/mol. The third kappa shape index (κ3) is 2.75. The summed E-state index contributed by atoms with van der Waals surface area (Å²) in [6, 6.07) is 7.69. The molecule has 0 saturated heterocycles. The maximum atomic E-state index is 5.25. The fourth-order valence-corrected chi connectivity index (χ4v) is 3.39. The number of benzene rings is 1. The van der Waals surface area contributed by atoms with E-state index in [1.54, 1.807) is 7.11 Å². The Kier molecular flexibility index (Phi) is 3.93. The molecule has 0 spiro atoms. The fraction of sp³-hybridized carbons (Fsp3) is 0.235. The molecule has 1 aromatic heterocycles. The zero-order valence-electron chi connectivity index (χ0n) is 13.2. The number of ether oxygens (including phenoxy) is 1. The Morgan fingerprint density at radius 2 is 2.25 bits per heavy atom. The van der Waals surface area contributed by atoms with E-state index in [4.69, 9.17) is 9.72 Å². The van der Waals surface area contributed by atoms with E-state index in [2.05, 4.69) is 36.1 Å². The van der Waals surface area contributed by atoms with Crippen LogP contribution in [0.25, 0.3) is 6.08 Å². The van der Waals surface area contributed by atoms with Crippen LogP contribution in [0, 0.1) is 0 Å². The summed E-state index contributed by atoms with van der Waals surface area (Å²) in [5.74, 6) is 3.17. The van der Waals surface area contributed by atoms with Crippen LogP contribution in [0.15, 0.2) is 39.9 Å². The lowest BCUT2D eigenvalue weighted by atomic mass is 10.1. The third-order valence-electron chi connectivity index (χ3n) is 3.93. The van der Waals surface area contributed by atoms with Crippen molar-refractivity contribution in [1.29, 1.82) is 0 Å². The van der Waals surface area contributed by atoms with Crippen LogP contribution in [-0.4, -0.2) is 36.0 Å². The van der Waals surface area contributed by atoms with Gasteiger partial charge in [0.15, 0.2) is 0 Å². The van der Waals surface area contributed by atoms with Gasteiger partial charge in [0.1, 0.15) is 17.4 Å². The van der Waals surface area contributed by atoms with Crippen molar-refractivity contribution in [3.63, 3.8) is 0 Å². The number of amidine groups is 1. The molecule has 0 bridgehead atoms. The number of nitrogens with zero attached hydrogens (tertiary/aromatic N) is 4. The van der Waals surface area contributed by atoms with Gasteiger partial charge in [-0.15, -0.1) is 0 Å². The summed E-state index contributed by atoms with van der Waals surface area (Å²) in [6.45, 7) is 1.76. The van der Waals surface area contributed by atoms with E-state index in [9.17, 15) is 0 Å². The molecular weight excluding hydrogens is 370 g/mol. The standard InChI is InChI=1S/C17H16BrN5O/c1-24-13-5-2-4-12(9-13)21-17-20-10-11-8-14(18)16-19-6-3-7-23(16)15(11)22-17/h2,4-5,8-10H,3,6-7H2,1H3,(H,20,21,22). The van der Waals surface area contributed by atoms with Gasteiger partial charge < -0.3 is 15.0 Å². The van der Waals surface area contributed by atoms with Gasteiger partial charge >= 0.3 is 0 Å². The van der Waals surface area contributed by atoms with Gasteiger partial charge in [-0.05, 0) is 40.6 Å². The van der Waals surface area contributed by atoms with E-state index >= 15 is 0 Å². The summed E-state index contributed by atoms with van der Waals surface area (Å²) in [5, 5.41) is 3.23. The highest BCUT2D eigenvalue weighted by molar-refractivity contribution is 9.12. The summed E-state index contributed by atoms with van der Waals surface area (Å²) in [7, 11) is 1.65. The smallest absolute Gasteiger partial charge is 0.229 e. The molecule has 4 rings (SSSR count). The largest absolute Gasteiger partial charge is 0.497 e. The second-order valence-electron chi connectivity index (χ2n) is 5.53. The second-order valence-corrected chi connectivity index (χ2v) is 6.39. The van der Waals surface area contributed by atoms with E-state index in [0.717, 1.165) is 52.6 Å². The highest BCUT2D eigenvalue weighted by Crippen LogP contribution is 2.33. The summed E-state index contributed by atoms with van der Waals surface area (Å²) in [5.41, 5.74) is 1.87. The molecule has 2 aliphatic rings. The van der Waals surface area contributed by atoms with Crippen molar-refractivity contribution in [1.82, 2.24) is 9.97 Å². The number of hydrogen-bond donors (Lipinski definition) is 1. The van der Waals surface area contributed by atoms with Gasteiger partial charge in [0.25, 0.3) is 0 Å². The van der Waals surface area contributed by atoms with Crippen molar-refractivity contribution in [3.05, 3.63) is 40.5 Å². The van der Waals surface area contributed by atoms with Crippen LogP contribution in [-0.2, 0) is 0 Å². The summed E-state index contributed by atoms with van der Waals surface area (Å²) < 4.78 is 6.23. The molecule has 2 aromatic rings. The summed E-state index contributed by atoms with van der Waals surface area (Å²) in [4.78, 5) is 15.9. The van der Waals surface area contributed by atoms with E-state index < -0.39 is 0 Å². The van der Waals surface area contributed by atoms with Gasteiger partial charge in [0.05, 0.1) is 11.6 Å². The minimum absolute atomic E-state index is 0.554. The molecule has 122 valence electrons. The van der Waals surface area contributed by atoms with Gasteiger partial charge in [-0.3, -0.25) is 4.99 Å². The predicted octanol–water partition coefficient (Wildman–Crippen LogP) is 3.59. The number of hydrogen-bond acceptors (Lipinski definition) is 6. The Labute approximate surface area is 148 Å². The van der Waals surface area contributed by atoms with E-state index in [0.29, 0.717) is 5.95 Å². The van der Waals surface area contributed by atoms with Gasteiger partial charge in [-0.25, -0.2) is 4.98 Å². The molecule has 3 heterocycles. The number of anilines is 3. The van der Waals surface area contributed by atoms with Crippen molar-refractivity contribution in [3.8, 4) is 5.75 Å². The normalized spacial score (nSPS) is 15.8. The van der Waals surface area contributed by atoms with Crippen molar-refractivity contribution in [2.45, 2.75) is 6.42 Å². The fourth-order valence-electron chi connectivity index (χ4n) is 2.81. The maximum absolute atomic E-state index is 5.25. The number of fused-ring (bicyclic) bond motifs is 3. The van der Waals surface area contributed by atoms with Gasteiger partial charge in [0.2, 0.25) is 5.95 Å². The topological polar surface area (TPSA) is 62.6 Å². The molecule has 0 fully saturated rings. The van der Waals surface area contributed by atoms with Crippen LogP contribution >= 0.6 is 15.9 Å². The molecule has 24 heavy (non-hydrogen) atoms. The molecule has 7 heteroatoms. The number of aliphatic imine (C=N–C) groups is 1. The molecule has 0 unspecified atom stereocenters. The van der Waals surface area contributed by atoms with Crippen molar-refractivity contribution in [2.75, 3.05) is 30.4 Å². The van der Waals surface area contributed by atoms with Gasteiger partial charge in [-0.1, -0.05) is 6.07 Å². The predicted molar refractivity (Wildman–Crippen MR) is 99.5 cm³/mol. The van der Waals surface area contributed by atoms with Crippen LogP contribution in [0.5, 0.6) is 5.75 Å². The zero-order valence-corrected chi connectivity index (χ0v) is 14.7. The van der Waals surface area contributed by atoms with E-state index in [1.165, 1.54) is 0 Å². The molecule has 0 saturated carbocycles. The van der Waals surface area contributed by atoms with Crippen molar-refractivity contribution in [2.24, 2.45) is 4.99 Å². The number of rotatable bonds is 3. The Hall–Kier alpha value is -2.41. The molecule has 0 amide bonds. The van der Waals surface area contributed by atoms with Crippen LogP contribution in [0.4, 0.5) is 17.5 Å². The highest BCUT2D eigenvalue weighted by atomic mass is 79.9. The number of aromatic nitrogens is 2. The third-order valence-corrected chi connectivity index (χ3v) is 4.51. The number of nitrogens with one attached hydrogen (secondary N) is 1. The minimum Gasteiger partial charge on any atom is -0.497 e. The molecule has 1 aromatic carbocycles. The lowest BCUT2D eigenvalue weighted by Crippen LogP contribution is -2.38. The molecule has 0 atom stereocenters. The molecule has 6 nitrogen and oxygen atoms in total. The van der Waals surface area contributed by atoms with Crippen molar-refractivity contribution < 1.29 is 4.74 Å². The lowest BCUT2D eigenvalue weighted by molar-refractivity contribution is 0.415. The number of halogens is 1. The first-order chi connectivity index (χ1) is 11.7. The monoisotopic (exact) mass is 385 g/mol. The minimum atomic E-state index is 0.554. The first-order valence-electron chi connectivity index (χ1n) is 7.72.